The van der Waals surface area contributed by atoms with E-state index in [2.05, 4.69) is 65.8 Å². The molecule has 0 aromatic heterocycles. The molecule has 0 N–H and O–H groups in total. The van der Waals surface area contributed by atoms with Crippen molar-refractivity contribution < 1.29 is 14.0 Å². The van der Waals surface area contributed by atoms with Crippen LogP contribution < -0.4 is 10.2 Å². The van der Waals surface area contributed by atoms with E-state index >= 15 is 0 Å². The summed E-state index contributed by atoms with van der Waals surface area (Å²) in [5.74, 6) is 0.874. The van der Waals surface area contributed by atoms with Gasteiger partial charge in [0, 0.05) is 0 Å². The summed E-state index contributed by atoms with van der Waals surface area (Å²) >= 11 is 0. The lowest BCUT2D eigenvalue weighted by molar-refractivity contribution is 0.00578. The summed E-state index contributed by atoms with van der Waals surface area (Å²) in [6.45, 7) is 13.0. The van der Waals surface area contributed by atoms with E-state index in [4.69, 9.17) is 14.0 Å². The Labute approximate surface area is 151 Å². The van der Waals surface area contributed by atoms with Crippen molar-refractivity contribution in [2.45, 2.75) is 59.4 Å². The first-order chi connectivity index (χ1) is 11.7. The fourth-order valence-electron chi connectivity index (χ4n) is 2.96. The minimum atomic E-state index is -0.371. The van der Waals surface area contributed by atoms with Gasteiger partial charge in [0.25, 0.3) is 0 Å². The highest BCUT2D eigenvalue weighted by Crippen LogP contribution is 2.37. The Bertz CT molecular complexity index is 737. The maximum Gasteiger partial charge on any atom is 0.495 e. The molecular weight excluding hydrogens is 311 g/mol. The Balaban J connectivity index is 1.84. The average molecular weight is 338 g/mol. The molecule has 0 aliphatic carbocycles. The molecule has 1 aliphatic rings. The molecule has 1 saturated heterocycles. The van der Waals surface area contributed by atoms with Crippen molar-refractivity contribution in [3.05, 3.63) is 59.2 Å². The van der Waals surface area contributed by atoms with E-state index < -0.39 is 0 Å². The van der Waals surface area contributed by atoms with Crippen LogP contribution in [0, 0.1) is 13.8 Å². The summed E-state index contributed by atoms with van der Waals surface area (Å²) in [5.41, 5.74) is 3.77. The average Bonchev–Trinajstić information content (AvgIpc) is 2.75. The van der Waals surface area contributed by atoms with Gasteiger partial charge in [-0.1, -0.05) is 42.0 Å². The second-order valence-electron chi connectivity index (χ2n) is 7.84. The first kappa shape index (κ1) is 18.0. The van der Waals surface area contributed by atoms with Crippen molar-refractivity contribution in [2.75, 3.05) is 0 Å². The Morgan fingerprint density at radius 2 is 1.48 bits per heavy atom. The number of hydrogen-bond acceptors (Lipinski definition) is 3. The van der Waals surface area contributed by atoms with Crippen LogP contribution in [0.15, 0.2) is 42.5 Å². The lowest BCUT2D eigenvalue weighted by atomic mass is 9.75. The standard InChI is InChI=1S/C21H27BO3/c1-15-12-16(2)19(23-14-17-10-8-7-9-11-17)13-18(15)22-24-20(3,4)21(5,6)25-22/h7-13H,14H2,1-6H3. The first-order valence-corrected chi connectivity index (χ1v) is 8.83. The second-order valence-corrected chi connectivity index (χ2v) is 7.84. The monoisotopic (exact) mass is 338 g/mol. The van der Waals surface area contributed by atoms with E-state index in [1.165, 1.54) is 0 Å². The highest BCUT2D eigenvalue weighted by atomic mass is 16.7. The summed E-state index contributed by atoms with van der Waals surface area (Å²) in [5, 5.41) is 0. The summed E-state index contributed by atoms with van der Waals surface area (Å²) in [6.07, 6.45) is 0. The van der Waals surface area contributed by atoms with Gasteiger partial charge in [0.1, 0.15) is 12.4 Å². The maximum absolute atomic E-state index is 6.21. The van der Waals surface area contributed by atoms with Crippen LogP contribution in [0.5, 0.6) is 5.75 Å². The predicted molar refractivity (Wildman–Crippen MR) is 102 cm³/mol. The Morgan fingerprint density at radius 3 is 2.08 bits per heavy atom. The van der Waals surface area contributed by atoms with Gasteiger partial charge >= 0.3 is 7.12 Å². The van der Waals surface area contributed by atoms with E-state index in [1.54, 1.807) is 0 Å². The van der Waals surface area contributed by atoms with Crippen molar-refractivity contribution in [1.29, 1.82) is 0 Å². The molecule has 0 amide bonds. The van der Waals surface area contributed by atoms with Crippen molar-refractivity contribution in [3.63, 3.8) is 0 Å². The number of aryl methyl sites for hydroxylation is 2. The number of ether oxygens (including phenoxy) is 1. The molecule has 3 rings (SSSR count). The van der Waals surface area contributed by atoms with Gasteiger partial charge in [-0.15, -0.1) is 0 Å². The van der Waals surface area contributed by atoms with Crippen molar-refractivity contribution in [2.24, 2.45) is 0 Å². The summed E-state index contributed by atoms with van der Waals surface area (Å²) < 4.78 is 18.5. The van der Waals surface area contributed by atoms with Crippen molar-refractivity contribution in [1.82, 2.24) is 0 Å². The van der Waals surface area contributed by atoms with E-state index in [-0.39, 0.29) is 18.3 Å². The predicted octanol–water partition coefficient (Wildman–Crippen LogP) is 4.18. The molecule has 2 aromatic rings. The smallest absolute Gasteiger partial charge is 0.489 e. The highest BCUT2D eigenvalue weighted by Gasteiger charge is 2.52. The largest absolute Gasteiger partial charge is 0.495 e. The SMILES string of the molecule is Cc1cc(C)c(B2OC(C)(C)C(C)(C)O2)cc1OCc1ccccc1. The zero-order chi connectivity index (χ0) is 18.2. The molecule has 1 heterocycles. The molecule has 25 heavy (non-hydrogen) atoms. The van der Waals surface area contributed by atoms with Crippen LogP contribution in [0.1, 0.15) is 44.4 Å². The highest BCUT2D eigenvalue weighted by molar-refractivity contribution is 6.62. The van der Waals surface area contributed by atoms with Crippen LogP contribution >= 0.6 is 0 Å². The minimum Gasteiger partial charge on any atom is -0.489 e. The quantitative estimate of drug-likeness (QED) is 0.783. The molecule has 3 nitrogen and oxygen atoms in total. The summed E-state index contributed by atoms with van der Waals surface area (Å²) in [7, 11) is -0.371. The third-order valence-corrected chi connectivity index (χ3v) is 5.31. The molecule has 1 aliphatic heterocycles. The Morgan fingerprint density at radius 1 is 0.880 bits per heavy atom. The minimum absolute atomic E-state index is 0.347. The van der Waals surface area contributed by atoms with E-state index in [1.807, 2.05) is 18.2 Å². The van der Waals surface area contributed by atoms with Gasteiger partial charge < -0.3 is 14.0 Å². The summed E-state index contributed by atoms with van der Waals surface area (Å²) in [4.78, 5) is 0. The van der Waals surface area contributed by atoms with E-state index in [9.17, 15) is 0 Å². The lowest BCUT2D eigenvalue weighted by Gasteiger charge is -2.32. The first-order valence-electron chi connectivity index (χ1n) is 8.83. The fraction of sp³-hybridized carbons (Fsp3) is 0.429. The van der Waals surface area contributed by atoms with Gasteiger partial charge in [-0.25, -0.2) is 0 Å². The third-order valence-electron chi connectivity index (χ3n) is 5.31. The van der Waals surface area contributed by atoms with E-state index in [0.717, 1.165) is 27.9 Å². The molecule has 0 bridgehead atoms. The maximum atomic E-state index is 6.21. The fourth-order valence-corrected chi connectivity index (χ4v) is 2.96. The van der Waals surface area contributed by atoms with Gasteiger partial charge in [0.2, 0.25) is 0 Å². The van der Waals surface area contributed by atoms with Gasteiger partial charge in [-0.2, -0.15) is 0 Å². The molecule has 4 heteroatoms. The van der Waals surface area contributed by atoms with Gasteiger partial charge in [0.05, 0.1) is 11.2 Å². The zero-order valence-electron chi connectivity index (χ0n) is 16.1. The molecule has 0 spiro atoms. The third kappa shape index (κ3) is 3.60. The van der Waals surface area contributed by atoms with Crippen LogP contribution in [0.4, 0.5) is 0 Å². The van der Waals surface area contributed by atoms with Crippen LogP contribution in [0.3, 0.4) is 0 Å². The molecule has 0 radical (unpaired) electrons. The van der Waals surface area contributed by atoms with Gasteiger partial charge in [0.15, 0.2) is 0 Å². The normalized spacial score (nSPS) is 18.4. The summed E-state index contributed by atoms with van der Waals surface area (Å²) in [6, 6.07) is 14.4. The number of hydrogen-bond donors (Lipinski definition) is 0. The van der Waals surface area contributed by atoms with Crippen LogP contribution in [0.25, 0.3) is 0 Å². The number of rotatable bonds is 4. The lowest BCUT2D eigenvalue weighted by Crippen LogP contribution is -2.41. The molecule has 2 aromatic carbocycles. The molecule has 0 unspecified atom stereocenters. The van der Waals surface area contributed by atoms with Crippen molar-refractivity contribution in [3.8, 4) is 5.75 Å². The molecular formula is C21H27BO3. The van der Waals surface area contributed by atoms with E-state index in [0.29, 0.717) is 6.61 Å². The van der Waals surface area contributed by atoms with Gasteiger partial charge in [-0.05, 0) is 64.2 Å². The van der Waals surface area contributed by atoms with Crippen LogP contribution in [-0.2, 0) is 15.9 Å². The molecule has 1 fully saturated rings. The second kappa shape index (κ2) is 6.51. The molecule has 0 atom stereocenters. The Kier molecular flexibility index (Phi) is 4.69. The van der Waals surface area contributed by atoms with Crippen molar-refractivity contribution >= 4 is 12.6 Å². The van der Waals surface area contributed by atoms with Gasteiger partial charge in [-0.3, -0.25) is 0 Å². The van der Waals surface area contributed by atoms with Crippen LogP contribution in [0.2, 0.25) is 0 Å². The number of benzene rings is 2. The van der Waals surface area contributed by atoms with Crippen LogP contribution in [-0.4, -0.2) is 18.3 Å². The topological polar surface area (TPSA) is 27.7 Å². The molecule has 0 saturated carbocycles. The zero-order valence-corrected chi connectivity index (χ0v) is 16.1. The Hall–Kier alpha value is -1.78. The molecule has 132 valence electrons.